The summed E-state index contributed by atoms with van der Waals surface area (Å²) in [7, 11) is 1.95. The largest absolute Gasteiger partial charge is 0.399 e. The summed E-state index contributed by atoms with van der Waals surface area (Å²) in [4.78, 5) is 9.23. The van der Waals surface area contributed by atoms with Gasteiger partial charge in [-0.3, -0.25) is 4.79 Å². The first-order chi connectivity index (χ1) is 15.0. The van der Waals surface area contributed by atoms with Gasteiger partial charge in [0.2, 0.25) is 0 Å². The van der Waals surface area contributed by atoms with Crippen LogP contribution in [0.1, 0.15) is 40.3 Å². The van der Waals surface area contributed by atoms with Gasteiger partial charge in [-0.05, 0) is 96.3 Å². The van der Waals surface area contributed by atoms with E-state index in [0.717, 1.165) is 24.2 Å². The fourth-order valence-electron chi connectivity index (χ4n) is 3.85. The van der Waals surface area contributed by atoms with E-state index < -0.39 is 0 Å². The van der Waals surface area contributed by atoms with Gasteiger partial charge in [-0.2, -0.15) is 0 Å². The molecule has 0 saturated carbocycles. The van der Waals surface area contributed by atoms with E-state index in [1.165, 1.54) is 39.0 Å². The van der Waals surface area contributed by atoms with Crippen molar-refractivity contribution in [1.29, 1.82) is 0 Å². The monoisotopic (exact) mass is 408 g/mol. The van der Waals surface area contributed by atoms with Crippen LogP contribution in [0.5, 0.6) is 0 Å². The van der Waals surface area contributed by atoms with Crippen molar-refractivity contribution in [1.82, 2.24) is 0 Å². The molecule has 0 aromatic heterocycles. The summed E-state index contributed by atoms with van der Waals surface area (Å²) >= 11 is 0. The van der Waals surface area contributed by atoms with Crippen LogP contribution in [-0.2, 0) is 17.6 Å². The Labute approximate surface area is 185 Å². The second-order valence-corrected chi connectivity index (χ2v) is 7.52. The van der Waals surface area contributed by atoms with Crippen LogP contribution in [0.3, 0.4) is 0 Å². The first-order valence-corrected chi connectivity index (χ1v) is 10.4. The molecule has 1 aliphatic carbocycles. The van der Waals surface area contributed by atoms with Crippen LogP contribution in [0.15, 0.2) is 60.7 Å². The van der Waals surface area contributed by atoms with Gasteiger partial charge >= 0.3 is 0 Å². The first-order valence-electron chi connectivity index (χ1n) is 10.4. The van der Waals surface area contributed by atoms with Crippen LogP contribution in [0.4, 0.5) is 11.4 Å². The van der Waals surface area contributed by atoms with Crippen molar-refractivity contribution < 1.29 is 4.79 Å². The predicted octanol–water partition coefficient (Wildman–Crippen LogP) is 5.52. The minimum atomic E-state index is 0.569. The number of benzene rings is 3. The molecule has 0 atom stereocenters. The van der Waals surface area contributed by atoms with E-state index in [1.54, 1.807) is 6.92 Å². The molecule has 0 aliphatic heterocycles. The Hall–Kier alpha value is -3.77. The lowest BCUT2D eigenvalue weighted by molar-refractivity contribution is -0.103. The van der Waals surface area contributed by atoms with Crippen molar-refractivity contribution in [3.8, 4) is 11.8 Å². The van der Waals surface area contributed by atoms with Gasteiger partial charge in [0.1, 0.15) is 0 Å². The number of aryl methyl sites for hydroxylation is 3. The Morgan fingerprint density at radius 1 is 0.968 bits per heavy atom. The third-order valence-corrected chi connectivity index (χ3v) is 5.32. The van der Waals surface area contributed by atoms with E-state index in [0.29, 0.717) is 6.29 Å². The quantitative estimate of drug-likeness (QED) is 0.334. The van der Waals surface area contributed by atoms with Crippen LogP contribution in [0.2, 0.25) is 0 Å². The average Bonchev–Trinajstić information content (AvgIpc) is 2.91. The molecule has 3 nitrogen and oxygen atoms in total. The number of carbonyl (C=O) groups excluding carboxylic acids is 1. The van der Waals surface area contributed by atoms with Gasteiger partial charge in [-0.15, -0.1) is 0 Å². The van der Waals surface area contributed by atoms with E-state index in [1.807, 2.05) is 13.1 Å². The number of fused-ring (bicyclic) bond motifs is 2. The van der Waals surface area contributed by atoms with Crippen molar-refractivity contribution in [2.45, 2.75) is 26.7 Å². The molecule has 0 saturated heterocycles. The number of hydrogen-bond donors (Lipinski definition) is 2. The van der Waals surface area contributed by atoms with Gasteiger partial charge in [0.25, 0.3) is 0 Å². The zero-order valence-electron chi connectivity index (χ0n) is 18.3. The summed E-state index contributed by atoms with van der Waals surface area (Å²) in [5.41, 5.74) is 17.2. The summed E-state index contributed by atoms with van der Waals surface area (Å²) in [5.74, 6) is 4.58. The van der Waals surface area contributed by atoms with Gasteiger partial charge in [0, 0.05) is 18.4 Å². The maximum atomic E-state index is 9.23. The number of nitrogens with two attached hydrogens (primary N) is 1. The highest BCUT2D eigenvalue weighted by Gasteiger charge is 2.18. The van der Waals surface area contributed by atoms with Crippen LogP contribution in [-0.4, -0.2) is 13.3 Å². The summed E-state index contributed by atoms with van der Waals surface area (Å²) in [6, 6.07) is 21.6. The van der Waals surface area contributed by atoms with E-state index in [2.05, 4.69) is 84.8 Å². The van der Waals surface area contributed by atoms with Gasteiger partial charge in [0.05, 0.1) is 0 Å². The van der Waals surface area contributed by atoms with Crippen LogP contribution in [0, 0.1) is 18.8 Å². The average molecular weight is 409 g/mol. The molecule has 0 bridgehead atoms. The molecule has 31 heavy (non-hydrogen) atoms. The molecule has 0 spiro atoms. The number of hydrogen-bond acceptors (Lipinski definition) is 3. The molecule has 1 aliphatic rings. The normalized spacial score (nSPS) is 12.8. The molecule has 0 amide bonds. The van der Waals surface area contributed by atoms with Crippen molar-refractivity contribution >= 4 is 29.3 Å². The van der Waals surface area contributed by atoms with E-state index in [9.17, 15) is 4.79 Å². The van der Waals surface area contributed by atoms with Gasteiger partial charge < -0.3 is 11.1 Å². The molecule has 4 rings (SSSR count). The molecule has 3 aromatic carbocycles. The van der Waals surface area contributed by atoms with Gasteiger partial charge in [0.15, 0.2) is 6.29 Å². The van der Waals surface area contributed by atoms with E-state index >= 15 is 0 Å². The Morgan fingerprint density at radius 2 is 1.68 bits per heavy atom. The lowest BCUT2D eigenvalue weighted by Gasteiger charge is -2.13. The third kappa shape index (κ3) is 5.43. The summed E-state index contributed by atoms with van der Waals surface area (Å²) < 4.78 is 0. The van der Waals surface area contributed by atoms with Crippen molar-refractivity contribution in [2.24, 2.45) is 0 Å². The second-order valence-electron chi connectivity index (χ2n) is 7.52. The Morgan fingerprint density at radius 3 is 2.32 bits per heavy atom. The number of nitrogen functional groups attached to an aromatic ring is 1. The highest BCUT2D eigenvalue weighted by atomic mass is 16.1. The predicted molar refractivity (Wildman–Crippen MR) is 132 cm³/mol. The molecule has 3 N–H and O–H groups in total. The molecular formula is C28H28N2O. The fraction of sp³-hybridized carbons (Fsp3) is 0.179. The molecule has 156 valence electrons. The van der Waals surface area contributed by atoms with Crippen molar-refractivity contribution in [3.63, 3.8) is 0 Å². The zero-order valence-corrected chi connectivity index (χ0v) is 18.3. The fourth-order valence-corrected chi connectivity index (χ4v) is 3.85. The number of rotatable bonds is 2. The topological polar surface area (TPSA) is 55.1 Å². The summed E-state index contributed by atoms with van der Waals surface area (Å²) in [6.45, 7) is 3.78. The molecule has 0 unspecified atom stereocenters. The number of nitrogens with one attached hydrogen (secondary N) is 1. The Balaban J connectivity index is 0.000000491. The van der Waals surface area contributed by atoms with Crippen molar-refractivity contribution in [2.75, 3.05) is 18.1 Å². The SMILES string of the molecule is CC#CC=O.CNc1cccc(/C=C2\c3ccc(C)cc3CCc3cc(N)ccc32)c1. The highest BCUT2D eigenvalue weighted by Crippen LogP contribution is 2.36. The van der Waals surface area contributed by atoms with E-state index in [-0.39, 0.29) is 0 Å². The third-order valence-electron chi connectivity index (χ3n) is 5.32. The number of aldehydes is 1. The number of anilines is 2. The zero-order chi connectivity index (χ0) is 22.2. The van der Waals surface area contributed by atoms with Crippen LogP contribution >= 0.6 is 0 Å². The van der Waals surface area contributed by atoms with Gasteiger partial charge in [-0.25, -0.2) is 0 Å². The maximum absolute atomic E-state index is 9.23. The smallest absolute Gasteiger partial charge is 0.192 e. The summed E-state index contributed by atoms with van der Waals surface area (Å²) in [5, 5.41) is 3.22. The van der Waals surface area contributed by atoms with Crippen LogP contribution in [0.25, 0.3) is 11.6 Å². The lowest BCUT2D eigenvalue weighted by atomic mass is 9.91. The first kappa shape index (κ1) is 21.9. The minimum Gasteiger partial charge on any atom is -0.399 e. The molecular weight excluding hydrogens is 380 g/mol. The molecule has 0 fully saturated rings. The molecule has 0 radical (unpaired) electrons. The minimum absolute atomic E-state index is 0.569. The van der Waals surface area contributed by atoms with Gasteiger partial charge in [-0.1, -0.05) is 47.9 Å². The molecule has 3 heteroatoms. The second kappa shape index (κ2) is 10.3. The van der Waals surface area contributed by atoms with E-state index in [4.69, 9.17) is 5.73 Å². The molecule has 3 aromatic rings. The number of carbonyl (C=O) groups is 1. The standard InChI is InChI=1S/C24H24N2.C4H4O/c1-16-6-10-22-18(12-16)7-8-19-15-20(25)9-11-23(19)24(22)14-17-4-3-5-21(13-17)26-2;1-2-3-4-5/h3-6,9-15,26H,7-8,25H2,1-2H3;4H,1H3/b24-14+;. The Kier molecular flexibility index (Phi) is 7.30. The van der Waals surface area contributed by atoms with Crippen molar-refractivity contribution in [3.05, 3.63) is 94.0 Å². The lowest BCUT2D eigenvalue weighted by Crippen LogP contribution is -1.95. The highest BCUT2D eigenvalue weighted by molar-refractivity contribution is 5.94. The Bertz CT molecular complexity index is 1120. The molecule has 0 heterocycles. The summed E-state index contributed by atoms with van der Waals surface area (Å²) in [6.07, 6.45) is 4.93. The maximum Gasteiger partial charge on any atom is 0.192 e. The van der Waals surface area contributed by atoms with Crippen LogP contribution < -0.4 is 11.1 Å².